The maximum Gasteiger partial charge on any atom is 0.165 e. The normalized spacial score (nSPS) is 12.9. The molecule has 36 heavy (non-hydrogen) atoms. The molecule has 0 atom stereocenters. The molecule has 0 saturated heterocycles. The van der Waals surface area contributed by atoms with E-state index in [2.05, 4.69) is 88.2 Å². The van der Waals surface area contributed by atoms with E-state index in [9.17, 15) is 0 Å². The van der Waals surface area contributed by atoms with E-state index in [1.165, 1.54) is 38.1 Å². The second-order valence-corrected chi connectivity index (χ2v) is 9.47. The molecule has 0 radical (unpaired) electrons. The van der Waals surface area contributed by atoms with Crippen molar-refractivity contribution in [3.05, 3.63) is 109 Å². The molecule has 5 aromatic carbocycles. The summed E-state index contributed by atoms with van der Waals surface area (Å²) in [7, 11) is 0. The Kier molecular flexibility index (Phi) is 3.25. The summed E-state index contributed by atoms with van der Waals surface area (Å²) >= 11 is 0. The quantitative estimate of drug-likeness (QED) is 0.262. The van der Waals surface area contributed by atoms with Gasteiger partial charge in [0.25, 0.3) is 0 Å². The molecule has 0 amide bonds. The number of hydrogen-bond donors (Lipinski definition) is 0. The molecule has 3 aromatic heterocycles. The minimum Gasteiger partial charge on any atom is -0.304 e. The van der Waals surface area contributed by atoms with Crippen molar-refractivity contribution in [2.24, 2.45) is 0 Å². The summed E-state index contributed by atoms with van der Waals surface area (Å²) in [5.41, 5.74) is 9.73. The monoisotopic (exact) mass is 458 g/mol. The van der Waals surface area contributed by atoms with Crippen molar-refractivity contribution in [3.63, 3.8) is 0 Å². The van der Waals surface area contributed by atoms with Crippen molar-refractivity contribution in [3.8, 4) is 11.3 Å². The van der Waals surface area contributed by atoms with Crippen LogP contribution in [-0.4, -0.2) is 14.4 Å². The standard InChI is InChI=1S/C32H18N4/c1-2-9-19(10-3-1)28-32(34-25-16-5-4-15-24(25)33-28)35-26-17-7-13-22-20-11-6-12-21-23-14-8-18-27(35)31(23)36(29(20)21)30(22)26/h1-18H. The third-order valence-corrected chi connectivity index (χ3v) is 7.61. The molecule has 0 bridgehead atoms. The Morgan fingerprint density at radius 1 is 0.444 bits per heavy atom. The summed E-state index contributed by atoms with van der Waals surface area (Å²) in [5.74, 6) is 0.849. The van der Waals surface area contributed by atoms with Crippen LogP contribution in [0.25, 0.3) is 60.4 Å². The van der Waals surface area contributed by atoms with Crippen LogP contribution in [0.5, 0.6) is 0 Å². The van der Waals surface area contributed by atoms with Gasteiger partial charge in [-0.1, -0.05) is 84.9 Å². The van der Waals surface area contributed by atoms with Gasteiger partial charge >= 0.3 is 0 Å². The highest BCUT2D eigenvalue weighted by Crippen LogP contribution is 2.52. The van der Waals surface area contributed by atoms with Crippen LogP contribution in [0, 0.1) is 0 Å². The van der Waals surface area contributed by atoms with Crippen molar-refractivity contribution >= 4 is 66.3 Å². The molecule has 1 aliphatic heterocycles. The molecule has 9 rings (SSSR count). The van der Waals surface area contributed by atoms with Crippen LogP contribution in [0.4, 0.5) is 17.2 Å². The van der Waals surface area contributed by atoms with Crippen molar-refractivity contribution in [1.29, 1.82) is 0 Å². The van der Waals surface area contributed by atoms with Crippen LogP contribution in [0.15, 0.2) is 109 Å². The molecule has 4 heterocycles. The van der Waals surface area contributed by atoms with Gasteiger partial charge in [-0.3, -0.25) is 4.90 Å². The van der Waals surface area contributed by atoms with E-state index < -0.39 is 0 Å². The van der Waals surface area contributed by atoms with Gasteiger partial charge in [-0.25, -0.2) is 9.97 Å². The molecule has 1 aliphatic rings. The minimum absolute atomic E-state index is 0.849. The molecule has 8 aromatic rings. The fourth-order valence-corrected chi connectivity index (χ4v) is 6.18. The van der Waals surface area contributed by atoms with E-state index in [4.69, 9.17) is 9.97 Å². The van der Waals surface area contributed by atoms with E-state index in [1.54, 1.807) is 0 Å². The van der Waals surface area contributed by atoms with Gasteiger partial charge in [-0.05, 0) is 24.3 Å². The van der Waals surface area contributed by atoms with Gasteiger partial charge in [0.2, 0.25) is 0 Å². The zero-order valence-electron chi connectivity index (χ0n) is 19.2. The first-order valence-corrected chi connectivity index (χ1v) is 12.2. The Balaban J connectivity index is 1.49. The number of rotatable bonds is 2. The average Bonchev–Trinajstić information content (AvgIpc) is 3.47. The zero-order valence-corrected chi connectivity index (χ0v) is 19.2. The third kappa shape index (κ3) is 2.11. The molecule has 0 unspecified atom stereocenters. The van der Waals surface area contributed by atoms with E-state index >= 15 is 0 Å². The van der Waals surface area contributed by atoms with Gasteiger partial charge in [0, 0.05) is 27.1 Å². The van der Waals surface area contributed by atoms with Crippen LogP contribution in [0.1, 0.15) is 0 Å². The lowest BCUT2D eigenvalue weighted by Crippen LogP contribution is -2.17. The lowest BCUT2D eigenvalue weighted by Gasteiger charge is -2.30. The molecule has 0 saturated carbocycles. The van der Waals surface area contributed by atoms with E-state index in [-0.39, 0.29) is 0 Å². The minimum atomic E-state index is 0.849. The molecule has 4 heteroatoms. The average molecular weight is 459 g/mol. The molecule has 166 valence electrons. The highest BCUT2D eigenvalue weighted by molar-refractivity contribution is 6.28. The Morgan fingerprint density at radius 2 is 0.972 bits per heavy atom. The number of fused-ring (bicyclic) bond motifs is 3. The smallest absolute Gasteiger partial charge is 0.165 e. The van der Waals surface area contributed by atoms with Crippen LogP contribution in [-0.2, 0) is 0 Å². The second kappa shape index (κ2) is 6.37. The predicted molar refractivity (Wildman–Crippen MR) is 148 cm³/mol. The molecular weight excluding hydrogens is 440 g/mol. The SMILES string of the molecule is c1ccc(-c2nc3ccccc3nc2N2c3cccc4c5cccc6c7cccc2c7n(c34)c56)cc1. The van der Waals surface area contributed by atoms with Crippen LogP contribution in [0.2, 0.25) is 0 Å². The first kappa shape index (κ1) is 18.4. The van der Waals surface area contributed by atoms with Crippen LogP contribution < -0.4 is 4.90 Å². The van der Waals surface area contributed by atoms with Crippen molar-refractivity contribution in [2.45, 2.75) is 0 Å². The summed E-state index contributed by atoms with van der Waals surface area (Å²) in [6.07, 6.45) is 0. The van der Waals surface area contributed by atoms with Crippen LogP contribution in [0.3, 0.4) is 0 Å². The lowest BCUT2D eigenvalue weighted by molar-refractivity contribution is 1.16. The number of benzene rings is 5. The van der Waals surface area contributed by atoms with Gasteiger partial charge < -0.3 is 4.40 Å². The zero-order chi connectivity index (χ0) is 23.4. The lowest BCUT2D eigenvalue weighted by atomic mass is 10.0. The predicted octanol–water partition coefficient (Wildman–Crippen LogP) is 8.23. The summed E-state index contributed by atoms with van der Waals surface area (Å²) in [6, 6.07) is 38.4. The highest BCUT2D eigenvalue weighted by atomic mass is 15.2. The van der Waals surface area contributed by atoms with E-state index in [0.717, 1.165) is 39.5 Å². The number of para-hydroxylation sites is 5. The first-order valence-electron chi connectivity index (χ1n) is 12.2. The Morgan fingerprint density at radius 3 is 1.61 bits per heavy atom. The van der Waals surface area contributed by atoms with E-state index in [0.29, 0.717) is 0 Å². The summed E-state index contributed by atoms with van der Waals surface area (Å²) in [5, 5.41) is 5.12. The maximum absolute atomic E-state index is 5.27. The van der Waals surface area contributed by atoms with Gasteiger partial charge in [-0.15, -0.1) is 0 Å². The van der Waals surface area contributed by atoms with Gasteiger partial charge in [0.1, 0.15) is 5.69 Å². The molecule has 0 spiro atoms. The largest absolute Gasteiger partial charge is 0.304 e. The van der Waals surface area contributed by atoms with E-state index in [1.807, 2.05) is 30.3 Å². The fraction of sp³-hybridized carbons (Fsp3) is 0. The number of aromatic nitrogens is 3. The first-order chi connectivity index (χ1) is 17.9. The Hall–Kier alpha value is -4.96. The molecule has 0 N–H and O–H groups in total. The van der Waals surface area contributed by atoms with Crippen molar-refractivity contribution in [1.82, 2.24) is 14.4 Å². The molecule has 4 nitrogen and oxygen atoms in total. The number of nitrogens with zero attached hydrogens (tertiary/aromatic N) is 4. The molecular formula is C32H18N4. The van der Waals surface area contributed by atoms with Gasteiger partial charge in [-0.2, -0.15) is 0 Å². The fourth-order valence-electron chi connectivity index (χ4n) is 6.18. The molecule has 0 fully saturated rings. The second-order valence-electron chi connectivity index (χ2n) is 9.47. The maximum atomic E-state index is 5.27. The number of hydrogen-bond acceptors (Lipinski definition) is 3. The Bertz CT molecular complexity index is 2070. The van der Waals surface area contributed by atoms with Crippen molar-refractivity contribution < 1.29 is 0 Å². The summed E-state index contributed by atoms with van der Waals surface area (Å²) in [6.45, 7) is 0. The van der Waals surface area contributed by atoms with Gasteiger partial charge in [0.15, 0.2) is 5.82 Å². The topological polar surface area (TPSA) is 33.4 Å². The third-order valence-electron chi connectivity index (χ3n) is 7.61. The molecule has 0 aliphatic carbocycles. The summed E-state index contributed by atoms with van der Waals surface area (Å²) in [4.78, 5) is 12.8. The number of anilines is 3. The Labute approximate surface area is 206 Å². The highest BCUT2D eigenvalue weighted by Gasteiger charge is 2.31. The van der Waals surface area contributed by atoms with Gasteiger partial charge in [0.05, 0.1) is 39.0 Å². The van der Waals surface area contributed by atoms with Crippen LogP contribution >= 0.6 is 0 Å². The van der Waals surface area contributed by atoms with Crippen molar-refractivity contribution in [2.75, 3.05) is 4.90 Å². The summed E-state index contributed by atoms with van der Waals surface area (Å²) < 4.78 is 2.47.